The molecule has 0 radical (unpaired) electrons. The van der Waals surface area contributed by atoms with Crippen LogP contribution in [0.2, 0.25) is 0 Å². The lowest BCUT2D eigenvalue weighted by atomic mass is 10.1. The molecule has 0 aromatic rings. The van der Waals surface area contributed by atoms with E-state index in [4.69, 9.17) is 0 Å². The average molecular weight is 238 g/mol. The summed E-state index contributed by atoms with van der Waals surface area (Å²) in [6.45, 7) is 9.48. The first-order chi connectivity index (χ1) is 8.16. The van der Waals surface area contributed by atoms with Crippen molar-refractivity contribution in [2.24, 2.45) is 5.92 Å². The quantitative estimate of drug-likeness (QED) is 0.621. The predicted octanol–water partition coefficient (Wildman–Crippen LogP) is 3.03. The van der Waals surface area contributed by atoms with Gasteiger partial charge in [0.1, 0.15) is 0 Å². The molecule has 0 spiro atoms. The van der Waals surface area contributed by atoms with Crippen LogP contribution in [0.25, 0.3) is 0 Å². The molecular weight excluding hydrogens is 208 g/mol. The van der Waals surface area contributed by atoms with Gasteiger partial charge in [0, 0.05) is 24.7 Å². The van der Waals surface area contributed by atoms with Crippen molar-refractivity contribution in [2.75, 3.05) is 13.1 Å². The van der Waals surface area contributed by atoms with E-state index in [1.54, 1.807) is 0 Å². The first kappa shape index (κ1) is 13.4. The third-order valence-electron chi connectivity index (χ3n) is 4.10. The Labute approximate surface area is 107 Å². The van der Waals surface area contributed by atoms with Gasteiger partial charge in [0.25, 0.3) is 0 Å². The van der Waals surface area contributed by atoms with E-state index in [0.717, 1.165) is 18.0 Å². The SMILES string of the molecule is CC(C)NCCCC(C)N(CC1CC1)C1CC1. The van der Waals surface area contributed by atoms with Gasteiger partial charge in [-0.05, 0) is 57.9 Å². The second-order valence-corrected chi connectivity index (χ2v) is 6.47. The maximum absolute atomic E-state index is 3.52. The summed E-state index contributed by atoms with van der Waals surface area (Å²) >= 11 is 0. The highest BCUT2D eigenvalue weighted by atomic mass is 15.2. The van der Waals surface area contributed by atoms with Gasteiger partial charge in [0.2, 0.25) is 0 Å². The monoisotopic (exact) mass is 238 g/mol. The Morgan fingerprint density at radius 1 is 1.12 bits per heavy atom. The first-order valence-corrected chi connectivity index (χ1v) is 7.66. The van der Waals surface area contributed by atoms with Crippen molar-refractivity contribution in [1.29, 1.82) is 0 Å². The number of rotatable bonds is 9. The van der Waals surface area contributed by atoms with Crippen LogP contribution in [0.1, 0.15) is 59.3 Å². The van der Waals surface area contributed by atoms with Gasteiger partial charge >= 0.3 is 0 Å². The summed E-state index contributed by atoms with van der Waals surface area (Å²) in [5, 5.41) is 3.52. The summed E-state index contributed by atoms with van der Waals surface area (Å²) < 4.78 is 0. The molecule has 1 unspecified atom stereocenters. The maximum Gasteiger partial charge on any atom is 0.00993 e. The number of nitrogens with zero attached hydrogens (tertiary/aromatic N) is 1. The second kappa shape index (κ2) is 6.19. The van der Waals surface area contributed by atoms with Gasteiger partial charge in [-0.15, -0.1) is 0 Å². The van der Waals surface area contributed by atoms with Crippen LogP contribution in [0.5, 0.6) is 0 Å². The smallest absolute Gasteiger partial charge is 0.00993 e. The van der Waals surface area contributed by atoms with Gasteiger partial charge in [-0.2, -0.15) is 0 Å². The first-order valence-electron chi connectivity index (χ1n) is 7.66. The molecule has 1 N–H and O–H groups in total. The molecule has 1 atom stereocenters. The molecule has 0 aromatic heterocycles. The van der Waals surface area contributed by atoms with E-state index in [9.17, 15) is 0 Å². The fraction of sp³-hybridized carbons (Fsp3) is 1.00. The van der Waals surface area contributed by atoms with Crippen LogP contribution in [0.4, 0.5) is 0 Å². The van der Waals surface area contributed by atoms with Crippen LogP contribution in [-0.4, -0.2) is 36.1 Å². The van der Waals surface area contributed by atoms with Crippen LogP contribution < -0.4 is 5.32 Å². The van der Waals surface area contributed by atoms with Crippen LogP contribution in [0.3, 0.4) is 0 Å². The zero-order valence-electron chi connectivity index (χ0n) is 11.9. The van der Waals surface area contributed by atoms with Crippen molar-refractivity contribution in [3.63, 3.8) is 0 Å². The highest BCUT2D eigenvalue weighted by Crippen LogP contribution is 2.36. The minimum atomic E-state index is 0.635. The van der Waals surface area contributed by atoms with Crippen molar-refractivity contribution < 1.29 is 0 Å². The summed E-state index contributed by atoms with van der Waals surface area (Å²) in [6.07, 6.45) is 8.59. The number of hydrogen-bond acceptors (Lipinski definition) is 2. The molecule has 0 aromatic carbocycles. The zero-order valence-corrected chi connectivity index (χ0v) is 11.9. The fourth-order valence-corrected chi connectivity index (χ4v) is 2.65. The summed E-state index contributed by atoms with van der Waals surface area (Å²) in [5.74, 6) is 1.05. The second-order valence-electron chi connectivity index (χ2n) is 6.47. The van der Waals surface area contributed by atoms with Crippen molar-refractivity contribution in [3.8, 4) is 0 Å². The molecule has 0 aliphatic heterocycles. The summed E-state index contributed by atoms with van der Waals surface area (Å²) in [5.41, 5.74) is 0. The highest BCUT2D eigenvalue weighted by Gasteiger charge is 2.35. The Hall–Kier alpha value is -0.0800. The fourth-order valence-electron chi connectivity index (χ4n) is 2.65. The molecule has 2 rings (SSSR count). The summed E-state index contributed by atoms with van der Waals surface area (Å²) in [7, 11) is 0. The van der Waals surface area contributed by atoms with Crippen molar-refractivity contribution in [2.45, 2.75) is 77.4 Å². The van der Waals surface area contributed by atoms with E-state index in [1.165, 1.54) is 51.6 Å². The van der Waals surface area contributed by atoms with Gasteiger partial charge in [0.15, 0.2) is 0 Å². The number of hydrogen-bond donors (Lipinski definition) is 1. The normalized spacial score (nSPS) is 22.4. The molecule has 2 nitrogen and oxygen atoms in total. The topological polar surface area (TPSA) is 15.3 Å². The molecule has 0 saturated heterocycles. The van der Waals surface area contributed by atoms with Crippen LogP contribution in [0, 0.1) is 5.92 Å². The molecule has 2 heteroatoms. The molecule has 2 aliphatic rings. The largest absolute Gasteiger partial charge is 0.315 e. The molecule has 100 valence electrons. The Kier molecular flexibility index (Phi) is 4.87. The Morgan fingerprint density at radius 2 is 1.82 bits per heavy atom. The molecule has 0 heterocycles. The lowest BCUT2D eigenvalue weighted by Gasteiger charge is -2.29. The van der Waals surface area contributed by atoms with Crippen LogP contribution in [0.15, 0.2) is 0 Å². The Morgan fingerprint density at radius 3 is 2.35 bits per heavy atom. The van der Waals surface area contributed by atoms with E-state index in [0.29, 0.717) is 6.04 Å². The van der Waals surface area contributed by atoms with Gasteiger partial charge in [-0.1, -0.05) is 13.8 Å². The molecule has 17 heavy (non-hydrogen) atoms. The highest BCUT2D eigenvalue weighted by molar-refractivity contribution is 4.90. The zero-order chi connectivity index (χ0) is 12.3. The standard InChI is InChI=1S/C15H30N2/c1-12(2)16-10-4-5-13(3)17(15-8-9-15)11-14-6-7-14/h12-16H,4-11H2,1-3H3. The van der Waals surface area contributed by atoms with Gasteiger partial charge in [-0.25, -0.2) is 0 Å². The minimum Gasteiger partial charge on any atom is -0.315 e. The van der Waals surface area contributed by atoms with E-state index < -0.39 is 0 Å². The Bertz CT molecular complexity index is 219. The van der Waals surface area contributed by atoms with Crippen molar-refractivity contribution >= 4 is 0 Å². The maximum atomic E-state index is 3.52. The van der Waals surface area contributed by atoms with E-state index in [-0.39, 0.29) is 0 Å². The van der Waals surface area contributed by atoms with E-state index in [2.05, 4.69) is 31.0 Å². The molecule has 2 aliphatic carbocycles. The lowest BCUT2D eigenvalue weighted by Crippen LogP contribution is -2.37. The molecule has 2 saturated carbocycles. The summed E-state index contributed by atoms with van der Waals surface area (Å²) in [4.78, 5) is 2.81. The van der Waals surface area contributed by atoms with E-state index in [1.807, 2.05) is 0 Å². The minimum absolute atomic E-state index is 0.635. The number of nitrogens with one attached hydrogen (secondary N) is 1. The third-order valence-corrected chi connectivity index (χ3v) is 4.10. The van der Waals surface area contributed by atoms with Gasteiger partial charge in [0.05, 0.1) is 0 Å². The lowest BCUT2D eigenvalue weighted by molar-refractivity contribution is 0.179. The van der Waals surface area contributed by atoms with Crippen LogP contribution >= 0.6 is 0 Å². The van der Waals surface area contributed by atoms with E-state index >= 15 is 0 Å². The third kappa shape index (κ3) is 4.97. The van der Waals surface area contributed by atoms with Gasteiger partial charge < -0.3 is 5.32 Å². The average Bonchev–Trinajstić information content (AvgIpc) is 3.14. The summed E-state index contributed by atoms with van der Waals surface area (Å²) in [6, 6.07) is 2.39. The molecular formula is C15H30N2. The van der Waals surface area contributed by atoms with Crippen molar-refractivity contribution in [1.82, 2.24) is 10.2 Å². The Balaban J connectivity index is 1.62. The van der Waals surface area contributed by atoms with Crippen molar-refractivity contribution in [3.05, 3.63) is 0 Å². The predicted molar refractivity (Wildman–Crippen MR) is 74.3 cm³/mol. The van der Waals surface area contributed by atoms with Crippen LogP contribution in [-0.2, 0) is 0 Å². The molecule has 2 fully saturated rings. The van der Waals surface area contributed by atoms with Gasteiger partial charge in [-0.3, -0.25) is 4.90 Å². The molecule has 0 amide bonds. The molecule has 0 bridgehead atoms.